The number of para-hydroxylation sites is 1. The molecule has 4 rings (SSSR count). The Morgan fingerprint density at radius 1 is 1.36 bits per heavy atom. The number of aromatic nitrogens is 4. The number of hydrogen-bond acceptors (Lipinski definition) is 4. The molecule has 0 aliphatic carbocycles. The maximum absolute atomic E-state index is 5.56. The predicted molar refractivity (Wildman–Crippen MR) is 103 cm³/mol. The highest BCUT2D eigenvalue weighted by molar-refractivity contribution is 7.71. The monoisotopic (exact) mass is 372 g/mol. The van der Waals surface area contributed by atoms with Gasteiger partial charge in [-0.3, -0.25) is 0 Å². The van der Waals surface area contributed by atoms with Crippen molar-refractivity contribution >= 4 is 33.8 Å². The zero-order valence-electron chi connectivity index (χ0n) is 14.1. The number of hydrogen-bond donors (Lipinski definition) is 1. The third kappa shape index (κ3) is 3.31. The van der Waals surface area contributed by atoms with Gasteiger partial charge >= 0.3 is 0 Å². The lowest BCUT2D eigenvalue weighted by Crippen LogP contribution is -3.12. The Morgan fingerprint density at radius 2 is 2.24 bits per heavy atom. The van der Waals surface area contributed by atoms with E-state index in [2.05, 4.69) is 35.9 Å². The van der Waals surface area contributed by atoms with Crippen LogP contribution in [0.2, 0.25) is 0 Å². The molecule has 7 heteroatoms. The number of piperidine rings is 1. The van der Waals surface area contributed by atoms with Crippen molar-refractivity contribution in [3.8, 4) is 0 Å². The van der Waals surface area contributed by atoms with E-state index in [0.29, 0.717) is 12.6 Å². The van der Waals surface area contributed by atoms with Crippen molar-refractivity contribution in [2.24, 2.45) is 0 Å². The zero-order valence-corrected chi connectivity index (χ0v) is 15.7. The van der Waals surface area contributed by atoms with E-state index in [1.807, 2.05) is 26.7 Å². The van der Waals surface area contributed by atoms with Gasteiger partial charge in [0.25, 0.3) is 0 Å². The van der Waals surface area contributed by atoms with E-state index in [9.17, 15) is 0 Å². The van der Waals surface area contributed by atoms with Crippen molar-refractivity contribution in [3.63, 3.8) is 0 Å². The van der Waals surface area contributed by atoms with Gasteiger partial charge in [-0.15, -0.1) is 17.9 Å². The number of rotatable bonds is 5. The molecule has 3 heterocycles. The molecule has 25 heavy (non-hydrogen) atoms. The van der Waals surface area contributed by atoms with E-state index in [4.69, 9.17) is 17.2 Å². The van der Waals surface area contributed by atoms with Crippen LogP contribution in [0, 0.1) is 4.77 Å². The van der Waals surface area contributed by atoms with Gasteiger partial charge in [0, 0.05) is 13.0 Å². The number of nitrogens with zero attached hydrogens (tertiary/aromatic N) is 4. The minimum atomic E-state index is 0.428. The van der Waals surface area contributed by atoms with Gasteiger partial charge in [-0.05, 0) is 37.2 Å². The smallest absolute Gasteiger partial charge is 0.202 e. The van der Waals surface area contributed by atoms with Gasteiger partial charge in [-0.1, -0.05) is 18.2 Å². The normalized spacial score (nSPS) is 20.8. The minimum absolute atomic E-state index is 0.428. The first-order chi connectivity index (χ1) is 12.3. The van der Waals surface area contributed by atoms with Gasteiger partial charge in [0.15, 0.2) is 11.7 Å². The van der Waals surface area contributed by atoms with Crippen molar-refractivity contribution in [1.29, 1.82) is 0 Å². The molecule has 0 saturated carbocycles. The lowest BCUT2D eigenvalue weighted by molar-refractivity contribution is -0.959. The molecular formula is C18H22N5S2+. The highest BCUT2D eigenvalue weighted by Gasteiger charge is 2.31. The number of allylic oxidation sites excluding steroid dienone is 1. The van der Waals surface area contributed by atoms with E-state index >= 15 is 0 Å². The van der Waals surface area contributed by atoms with Crippen LogP contribution in [0.5, 0.6) is 0 Å². The molecule has 5 nitrogen and oxygen atoms in total. The molecule has 1 aliphatic heterocycles. The lowest BCUT2D eigenvalue weighted by atomic mass is 10.0. The molecule has 1 aromatic carbocycles. The average Bonchev–Trinajstić information content (AvgIpc) is 3.21. The third-order valence-electron chi connectivity index (χ3n) is 4.82. The average molecular weight is 373 g/mol. The van der Waals surface area contributed by atoms with Crippen LogP contribution in [-0.4, -0.2) is 25.9 Å². The molecule has 1 saturated heterocycles. The quantitative estimate of drug-likeness (QED) is 0.553. The maximum atomic E-state index is 5.56. The molecular weight excluding hydrogens is 350 g/mol. The van der Waals surface area contributed by atoms with E-state index in [0.717, 1.165) is 23.5 Å². The van der Waals surface area contributed by atoms with E-state index in [-0.39, 0.29) is 0 Å². The van der Waals surface area contributed by atoms with E-state index in [1.54, 1.807) is 6.33 Å². The summed E-state index contributed by atoms with van der Waals surface area (Å²) in [6.45, 7) is 6.41. The predicted octanol–water partition coefficient (Wildman–Crippen LogP) is 2.98. The molecule has 3 aromatic rings. The summed E-state index contributed by atoms with van der Waals surface area (Å²) < 4.78 is 5.94. The van der Waals surface area contributed by atoms with Crippen molar-refractivity contribution in [1.82, 2.24) is 19.3 Å². The molecule has 1 unspecified atom stereocenters. The summed E-state index contributed by atoms with van der Waals surface area (Å²) in [4.78, 5) is 6.41. The molecule has 2 atom stereocenters. The molecule has 1 fully saturated rings. The largest absolute Gasteiger partial charge is 0.308 e. The Hall–Kier alpha value is -1.83. The van der Waals surface area contributed by atoms with Crippen LogP contribution in [0.3, 0.4) is 0 Å². The van der Waals surface area contributed by atoms with Gasteiger partial charge in [0.2, 0.25) is 4.77 Å². The summed E-state index contributed by atoms with van der Waals surface area (Å²) in [5.74, 6) is 0. The van der Waals surface area contributed by atoms with E-state index in [1.165, 1.54) is 33.9 Å². The second-order valence-corrected chi connectivity index (χ2v) is 7.92. The Balaban J connectivity index is 1.61. The first kappa shape index (κ1) is 16.6. The SMILES string of the molecule is C=CCn1cnn(C[NH+]2CCCC[C@H]2c2nc3ccccc3s2)c1=S. The van der Waals surface area contributed by atoms with Crippen LogP contribution in [0.25, 0.3) is 10.2 Å². The van der Waals surface area contributed by atoms with Crippen molar-refractivity contribution < 1.29 is 4.90 Å². The van der Waals surface area contributed by atoms with E-state index < -0.39 is 0 Å². The van der Waals surface area contributed by atoms with Crippen LogP contribution in [0.15, 0.2) is 43.2 Å². The zero-order chi connectivity index (χ0) is 17.2. The summed E-state index contributed by atoms with van der Waals surface area (Å²) in [5, 5.41) is 5.73. The van der Waals surface area contributed by atoms with Crippen LogP contribution < -0.4 is 4.90 Å². The van der Waals surface area contributed by atoms with Crippen molar-refractivity contribution in [3.05, 3.63) is 53.0 Å². The summed E-state index contributed by atoms with van der Waals surface area (Å²) in [5.41, 5.74) is 1.11. The summed E-state index contributed by atoms with van der Waals surface area (Å²) in [6.07, 6.45) is 7.34. The van der Waals surface area contributed by atoms with Gasteiger partial charge < -0.3 is 9.47 Å². The summed E-state index contributed by atoms with van der Waals surface area (Å²) in [6, 6.07) is 8.83. The number of fused-ring (bicyclic) bond motifs is 1. The first-order valence-electron chi connectivity index (χ1n) is 8.69. The van der Waals surface area contributed by atoms with Gasteiger partial charge in [-0.2, -0.15) is 9.78 Å². The molecule has 0 spiro atoms. The van der Waals surface area contributed by atoms with Gasteiger partial charge in [-0.25, -0.2) is 4.98 Å². The van der Waals surface area contributed by atoms with Crippen LogP contribution in [0.4, 0.5) is 0 Å². The topological polar surface area (TPSA) is 40.1 Å². The highest BCUT2D eigenvalue weighted by atomic mass is 32.1. The fraction of sp³-hybridized carbons (Fsp3) is 0.389. The number of thiazole rings is 1. The standard InChI is InChI=1S/C18H21N5S2/c1-2-10-21-12-19-23(18(21)24)13-22-11-6-5-8-15(22)17-20-14-7-3-4-9-16(14)25-17/h2-4,7,9,12,15H,1,5-6,8,10-11,13H2/p+1/t15-/m0/s1. The lowest BCUT2D eigenvalue weighted by Gasteiger charge is -2.30. The molecule has 0 radical (unpaired) electrons. The number of quaternary nitrogens is 1. The molecule has 2 aromatic heterocycles. The fourth-order valence-corrected chi connectivity index (χ4v) is 4.94. The number of nitrogens with one attached hydrogen (secondary N) is 1. The second kappa shape index (κ2) is 7.19. The number of likely N-dealkylation sites (tertiary alicyclic amines) is 1. The molecule has 0 amide bonds. The number of benzene rings is 1. The van der Waals surface area contributed by atoms with Crippen LogP contribution in [0.1, 0.15) is 30.3 Å². The van der Waals surface area contributed by atoms with Crippen LogP contribution >= 0.6 is 23.6 Å². The molecule has 1 aliphatic rings. The minimum Gasteiger partial charge on any atom is -0.308 e. The first-order valence-corrected chi connectivity index (χ1v) is 9.92. The Morgan fingerprint density at radius 3 is 3.08 bits per heavy atom. The fourth-order valence-electron chi connectivity index (χ4n) is 3.54. The van der Waals surface area contributed by atoms with Crippen molar-refractivity contribution in [2.75, 3.05) is 6.54 Å². The summed E-state index contributed by atoms with van der Waals surface area (Å²) in [7, 11) is 0. The third-order valence-corrected chi connectivity index (χ3v) is 6.41. The van der Waals surface area contributed by atoms with Crippen LogP contribution in [-0.2, 0) is 13.2 Å². The Labute approximate surface area is 156 Å². The van der Waals surface area contributed by atoms with Gasteiger partial charge in [0.05, 0.1) is 16.8 Å². The Bertz CT molecular complexity index is 905. The Kier molecular flexibility index (Phi) is 4.78. The van der Waals surface area contributed by atoms with Gasteiger partial charge in [0.1, 0.15) is 12.4 Å². The van der Waals surface area contributed by atoms with Crippen molar-refractivity contribution in [2.45, 2.75) is 38.5 Å². The second-order valence-electron chi connectivity index (χ2n) is 6.49. The molecule has 0 bridgehead atoms. The summed E-state index contributed by atoms with van der Waals surface area (Å²) >= 11 is 7.39. The maximum Gasteiger partial charge on any atom is 0.202 e. The molecule has 1 N–H and O–H groups in total. The highest BCUT2D eigenvalue weighted by Crippen LogP contribution is 2.28. The molecule has 130 valence electrons.